The fraction of sp³-hybridized carbons (Fsp3) is 0.0800. The first-order chi connectivity index (χ1) is 16.0. The fourth-order valence-corrected chi connectivity index (χ4v) is 4.71. The first-order valence-corrected chi connectivity index (χ1v) is 11.4. The second-order valence-electron chi connectivity index (χ2n) is 7.59. The Morgan fingerprint density at radius 3 is 2.52 bits per heavy atom. The van der Waals surface area contributed by atoms with Gasteiger partial charge in [0.2, 0.25) is 5.91 Å². The van der Waals surface area contributed by atoms with Gasteiger partial charge in [-0.1, -0.05) is 54.1 Å². The van der Waals surface area contributed by atoms with Gasteiger partial charge < -0.3 is 4.90 Å². The molecule has 0 bridgehead atoms. The summed E-state index contributed by atoms with van der Waals surface area (Å²) >= 11 is 9.74. The third-order valence-corrected chi connectivity index (χ3v) is 6.55. The highest BCUT2D eigenvalue weighted by Gasteiger charge is 2.21. The van der Waals surface area contributed by atoms with Crippen molar-refractivity contribution in [2.75, 3.05) is 11.9 Å². The zero-order valence-electron chi connectivity index (χ0n) is 17.6. The van der Waals surface area contributed by atoms with Crippen molar-refractivity contribution in [1.82, 2.24) is 14.0 Å². The molecule has 0 unspecified atom stereocenters. The number of anilines is 1. The number of halogens is 2. The van der Waals surface area contributed by atoms with Crippen molar-refractivity contribution in [3.8, 4) is 11.3 Å². The van der Waals surface area contributed by atoms with E-state index < -0.39 is 0 Å². The number of fused-ring (bicyclic) bond motifs is 3. The number of amides is 1. The molecule has 0 aliphatic heterocycles. The minimum absolute atomic E-state index is 0.113. The molecule has 2 aromatic heterocycles. The van der Waals surface area contributed by atoms with Gasteiger partial charge in [0.1, 0.15) is 16.8 Å². The average molecular weight is 522 g/mol. The summed E-state index contributed by atoms with van der Waals surface area (Å²) in [5.41, 5.74) is 2.94. The highest BCUT2D eigenvalue weighted by atomic mass is 79.9. The molecule has 0 fully saturated rings. The lowest BCUT2D eigenvalue weighted by atomic mass is 10.2. The van der Waals surface area contributed by atoms with Crippen LogP contribution in [0.25, 0.3) is 27.8 Å². The standard InChI is InChI=1S/C25H18BrClN4O2/c1-29(18-10-3-2-4-11-18)21(32)15-30-20-13-6-5-12-19(20)24-28-22(23(26)31(24)25(30)33)16-8-7-9-17(27)14-16/h2-14H,15H2,1H3. The maximum atomic E-state index is 13.6. The molecular formula is C25H18BrClN4O2. The third kappa shape index (κ3) is 3.73. The zero-order chi connectivity index (χ0) is 23.1. The maximum absolute atomic E-state index is 13.6. The van der Waals surface area contributed by atoms with Gasteiger partial charge >= 0.3 is 5.69 Å². The molecule has 0 spiro atoms. The minimum Gasteiger partial charge on any atom is -0.314 e. The number of imidazole rings is 1. The van der Waals surface area contributed by atoms with E-state index >= 15 is 0 Å². The van der Waals surface area contributed by atoms with Gasteiger partial charge in [0, 0.05) is 28.7 Å². The Labute approximate surface area is 202 Å². The number of nitrogens with zero attached hydrogens (tertiary/aromatic N) is 4. The number of rotatable bonds is 4. The molecule has 0 saturated heterocycles. The lowest BCUT2D eigenvalue weighted by molar-refractivity contribution is -0.118. The molecule has 0 atom stereocenters. The van der Waals surface area contributed by atoms with Gasteiger partial charge in [0.25, 0.3) is 0 Å². The van der Waals surface area contributed by atoms with Crippen LogP contribution in [0.15, 0.2) is 88.3 Å². The summed E-state index contributed by atoms with van der Waals surface area (Å²) in [6.07, 6.45) is 0. The number of benzene rings is 3. The average Bonchev–Trinajstić information content (AvgIpc) is 3.19. The summed E-state index contributed by atoms with van der Waals surface area (Å²) in [6, 6.07) is 24.1. The van der Waals surface area contributed by atoms with Crippen molar-refractivity contribution in [1.29, 1.82) is 0 Å². The number of carbonyl (C=O) groups is 1. The monoisotopic (exact) mass is 520 g/mol. The van der Waals surface area contributed by atoms with E-state index in [2.05, 4.69) is 15.9 Å². The molecule has 1 amide bonds. The van der Waals surface area contributed by atoms with E-state index in [-0.39, 0.29) is 18.1 Å². The number of hydrogen-bond acceptors (Lipinski definition) is 3. The molecule has 164 valence electrons. The second-order valence-corrected chi connectivity index (χ2v) is 8.78. The molecule has 5 aromatic rings. The van der Waals surface area contributed by atoms with Crippen molar-refractivity contribution >= 4 is 55.7 Å². The van der Waals surface area contributed by atoms with Gasteiger partial charge in [-0.3, -0.25) is 9.36 Å². The van der Waals surface area contributed by atoms with E-state index in [0.29, 0.717) is 26.5 Å². The number of para-hydroxylation sites is 2. The fourth-order valence-electron chi connectivity index (χ4n) is 3.89. The molecule has 0 radical (unpaired) electrons. The lowest BCUT2D eigenvalue weighted by Gasteiger charge is -2.19. The summed E-state index contributed by atoms with van der Waals surface area (Å²) in [7, 11) is 1.70. The van der Waals surface area contributed by atoms with Gasteiger partial charge in [-0.25, -0.2) is 14.2 Å². The van der Waals surface area contributed by atoms with Crippen molar-refractivity contribution in [3.05, 3.63) is 99.0 Å². The molecule has 2 heterocycles. The first-order valence-electron chi connectivity index (χ1n) is 10.2. The quantitative estimate of drug-likeness (QED) is 0.318. The zero-order valence-corrected chi connectivity index (χ0v) is 19.9. The Morgan fingerprint density at radius 2 is 1.76 bits per heavy atom. The van der Waals surface area contributed by atoms with Crippen LogP contribution in [0.2, 0.25) is 5.02 Å². The van der Waals surface area contributed by atoms with Crippen LogP contribution in [0.5, 0.6) is 0 Å². The Kier molecular flexibility index (Phi) is 5.52. The van der Waals surface area contributed by atoms with Crippen LogP contribution >= 0.6 is 27.5 Å². The predicted molar refractivity (Wildman–Crippen MR) is 135 cm³/mol. The predicted octanol–water partition coefficient (Wildman–Crippen LogP) is 5.40. The van der Waals surface area contributed by atoms with Crippen molar-refractivity contribution in [2.24, 2.45) is 0 Å². The molecule has 0 aliphatic carbocycles. The van der Waals surface area contributed by atoms with Crippen LogP contribution in [0.4, 0.5) is 5.69 Å². The van der Waals surface area contributed by atoms with Crippen LogP contribution in [0.1, 0.15) is 0 Å². The maximum Gasteiger partial charge on any atom is 0.335 e. The summed E-state index contributed by atoms with van der Waals surface area (Å²) < 4.78 is 3.49. The Bertz CT molecular complexity index is 1580. The van der Waals surface area contributed by atoms with Gasteiger partial charge in [0.15, 0.2) is 5.65 Å². The van der Waals surface area contributed by atoms with Crippen LogP contribution < -0.4 is 10.6 Å². The smallest absolute Gasteiger partial charge is 0.314 e. The molecule has 5 rings (SSSR count). The Balaban J connectivity index is 1.69. The summed E-state index contributed by atoms with van der Waals surface area (Å²) in [5.74, 6) is -0.209. The highest BCUT2D eigenvalue weighted by Crippen LogP contribution is 2.31. The van der Waals surface area contributed by atoms with Crippen LogP contribution in [-0.2, 0) is 11.3 Å². The molecule has 6 nitrogen and oxygen atoms in total. The molecule has 3 aromatic carbocycles. The summed E-state index contributed by atoms with van der Waals surface area (Å²) in [5, 5.41) is 1.34. The van der Waals surface area contributed by atoms with E-state index in [1.807, 2.05) is 66.7 Å². The Hall–Kier alpha value is -3.42. The minimum atomic E-state index is -0.355. The van der Waals surface area contributed by atoms with E-state index in [1.165, 1.54) is 8.97 Å². The number of likely N-dealkylation sites (N-methyl/N-ethyl adjacent to an activating group) is 1. The molecular weight excluding hydrogens is 504 g/mol. The molecule has 8 heteroatoms. The normalized spacial score (nSPS) is 11.2. The highest BCUT2D eigenvalue weighted by molar-refractivity contribution is 9.10. The largest absolute Gasteiger partial charge is 0.335 e. The second kappa shape index (κ2) is 8.50. The van der Waals surface area contributed by atoms with E-state index in [4.69, 9.17) is 16.6 Å². The van der Waals surface area contributed by atoms with E-state index in [9.17, 15) is 9.59 Å². The SMILES string of the molecule is CN(C(=O)Cn1c(=O)n2c(Br)c(-c3cccc(Cl)c3)nc2c2ccccc21)c1ccccc1. The summed E-state index contributed by atoms with van der Waals surface area (Å²) in [6.45, 7) is -0.113. The number of hydrogen-bond donors (Lipinski definition) is 0. The number of aromatic nitrogens is 3. The van der Waals surface area contributed by atoms with Crippen LogP contribution in [0, 0.1) is 0 Å². The van der Waals surface area contributed by atoms with E-state index in [1.54, 1.807) is 24.1 Å². The summed E-state index contributed by atoms with van der Waals surface area (Å²) in [4.78, 5) is 33.0. The molecule has 0 saturated carbocycles. The van der Waals surface area contributed by atoms with E-state index in [0.717, 1.165) is 16.6 Å². The van der Waals surface area contributed by atoms with Crippen molar-refractivity contribution < 1.29 is 4.79 Å². The first kappa shape index (κ1) is 21.4. The molecule has 0 N–H and O–H groups in total. The lowest BCUT2D eigenvalue weighted by Crippen LogP contribution is -2.36. The number of carbonyl (C=O) groups excluding carboxylic acids is 1. The Morgan fingerprint density at radius 1 is 1.03 bits per heavy atom. The van der Waals surface area contributed by atoms with Crippen molar-refractivity contribution in [3.63, 3.8) is 0 Å². The van der Waals surface area contributed by atoms with Crippen LogP contribution in [0.3, 0.4) is 0 Å². The third-order valence-electron chi connectivity index (χ3n) is 5.59. The van der Waals surface area contributed by atoms with Gasteiger partial charge in [-0.2, -0.15) is 0 Å². The molecule has 0 aliphatic rings. The topological polar surface area (TPSA) is 59.6 Å². The van der Waals surface area contributed by atoms with Gasteiger partial charge in [-0.15, -0.1) is 0 Å². The van der Waals surface area contributed by atoms with Gasteiger partial charge in [-0.05, 0) is 52.3 Å². The molecule has 33 heavy (non-hydrogen) atoms. The van der Waals surface area contributed by atoms with Gasteiger partial charge in [0.05, 0.1) is 5.52 Å². The van der Waals surface area contributed by atoms with Crippen molar-refractivity contribution in [2.45, 2.75) is 6.54 Å². The van der Waals surface area contributed by atoms with Crippen LogP contribution in [-0.4, -0.2) is 26.9 Å².